The molecule has 0 aliphatic heterocycles. The highest BCUT2D eigenvalue weighted by molar-refractivity contribution is 5.91. The first-order valence-corrected chi connectivity index (χ1v) is 7.95. The van der Waals surface area contributed by atoms with Crippen molar-refractivity contribution in [3.8, 4) is 0 Å². The van der Waals surface area contributed by atoms with Crippen LogP contribution in [0.15, 0.2) is 71.7 Å². The van der Waals surface area contributed by atoms with Gasteiger partial charge in [0.05, 0.1) is 23.9 Å². The highest BCUT2D eigenvalue weighted by atomic mass is 16.4. The first-order chi connectivity index (χ1) is 12.3. The summed E-state index contributed by atoms with van der Waals surface area (Å²) in [5.41, 5.74) is 2.95. The van der Waals surface area contributed by atoms with Crippen LogP contribution in [0.5, 0.6) is 0 Å². The summed E-state index contributed by atoms with van der Waals surface area (Å²) in [7, 11) is 0. The fourth-order valence-corrected chi connectivity index (χ4v) is 2.66. The smallest absolute Gasteiger partial charge is 0.287 e. The third-order valence-corrected chi connectivity index (χ3v) is 3.94. The standard InChI is InChI=1S/C19H16N4O2/c24-19(21-11-14-7-9-20-10-8-14)18-6-5-15(25-18)12-23-13-22-16-3-1-2-4-17(16)23/h1-10,13H,11-12H2,(H,21,24). The van der Waals surface area contributed by atoms with Crippen molar-refractivity contribution in [1.29, 1.82) is 0 Å². The van der Waals surface area contributed by atoms with Gasteiger partial charge >= 0.3 is 0 Å². The van der Waals surface area contributed by atoms with Gasteiger partial charge in [-0.25, -0.2) is 4.98 Å². The van der Waals surface area contributed by atoms with E-state index in [2.05, 4.69) is 15.3 Å². The molecule has 1 N–H and O–H groups in total. The largest absolute Gasteiger partial charge is 0.454 e. The summed E-state index contributed by atoms with van der Waals surface area (Å²) in [6.07, 6.45) is 5.17. The van der Waals surface area contributed by atoms with Crippen molar-refractivity contribution in [2.75, 3.05) is 0 Å². The van der Waals surface area contributed by atoms with Crippen molar-refractivity contribution in [2.45, 2.75) is 13.1 Å². The Morgan fingerprint density at radius 3 is 2.80 bits per heavy atom. The van der Waals surface area contributed by atoms with Crippen LogP contribution in [0.2, 0.25) is 0 Å². The lowest BCUT2D eigenvalue weighted by Crippen LogP contribution is -2.22. The van der Waals surface area contributed by atoms with E-state index in [0.717, 1.165) is 16.6 Å². The Hall–Kier alpha value is -3.41. The number of hydrogen-bond donors (Lipinski definition) is 1. The van der Waals surface area contributed by atoms with Crippen molar-refractivity contribution in [2.24, 2.45) is 0 Å². The number of aromatic nitrogens is 3. The molecule has 0 aliphatic rings. The normalized spacial score (nSPS) is 10.9. The van der Waals surface area contributed by atoms with E-state index >= 15 is 0 Å². The molecule has 0 saturated carbocycles. The van der Waals surface area contributed by atoms with Crippen LogP contribution in [-0.2, 0) is 13.1 Å². The number of carbonyl (C=O) groups is 1. The van der Waals surface area contributed by atoms with Crippen LogP contribution in [0, 0.1) is 0 Å². The second-order valence-corrected chi connectivity index (χ2v) is 5.67. The van der Waals surface area contributed by atoms with Gasteiger partial charge in [0.25, 0.3) is 5.91 Å². The fourth-order valence-electron chi connectivity index (χ4n) is 2.66. The predicted octanol–water partition coefficient (Wildman–Crippen LogP) is 3.00. The molecule has 1 amide bonds. The fraction of sp³-hybridized carbons (Fsp3) is 0.105. The molecule has 0 radical (unpaired) electrons. The van der Waals surface area contributed by atoms with Crippen molar-refractivity contribution < 1.29 is 9.21 Å². The molecular weight excluding hydrogens is 316 g/mol. The molecule has 0 aliphatic carbocycles. The molecule has 0 spiro atoms. The van der Waals surface area contributed by atoms with Crippen LogP contribution in [-0.4, -0.2) is 20.4 Å². The lowest BCUT2D eigenvalue weighted by atomic mass is 10.2. The molecule has 4 rings (SSSR count). The van der Waals surface area contributed by atoms with Crippen LogP contribution < -0.4 is 5.32 Å². The van der Waals surface area contributed by atoms with Gasteiger partial charge in [0.1, 0.15) is 5.76 Å². The minimum atomic E-state index is -0.237. The molecule has 0 atom stereocenters. The summed E-state index contributed by atoms with van der Waals surface area (Å²) in [6.45, 7) is 0.960. The molecule has 6 heteroatoms. The maximum absolute atomic E-state index is 12.2. The lowest BCUT2D eigenvalue weighted by molar-refractivity contribution is 0.0921. The van der Waals surface area contributed by atoms with E-state index in [4.69, 9.17) is 4.42 Å². The minimum Gasteiger partial charge on any atom is -0.454 e. The summed E-state index contributed by atoms with van der Waals surface area (Å²) >= 11 is 0. The third-order valence-electron chi connectivity index (χ3n) is 3.94. The van der Waals surface area contributed by atoms with Crippen molar-refractivity contribution in [3.05, 3.63) is 84.3 Å². The molecule has 25 heavy (non-hydrogen) atoms. The molecular formula is C19H16N4O2. The number of pyridine rings is 1. The number of para-hydroxylation sites is 2. The van der Waals surface area contributed by atoms with Crippen LogP contribution in [0.25, 0.3) is 11.0 Å². The quantitative estimate of drug-likeness (QED) is 0.610. The maximum atomic E-state index is 12.2. The SMILES string of the molecule is O=C(NCc1ccncc1)c1ccc(Cn2cnc3ccccc32)o1. The highest BCUT2D eigenvalue weighted by Gasteiger charge is 2.12. The van der Waals surface area contributed by atoms with Gasteiger partial charge in [-0.1, -0.05) is 12.1 Å². The molecule has 0 bridgehead atoms. The Morgan fingerprint density at radius 1 is 1.08 bits per heavy atom. The summed E-state index contributed by atoms with van der Waals surface area (Å²) in [6, 6.07) is 15.1. The molecule has 3 heterocycles. The van der Waals surface area contributed by atoms with Crippen LogP contribution in [0.4, 0.5) is 0 Å². The van der Waals surface area contributed by atoms with Gasteiger partial charge in [-0.05, 0) is 42.0 Å². The van der Waals surface area contributed by atoms with Gasteiger partial charge in [0.2, 0.25) is 0 Å². The molecule has 124 valence electrons. The van der Waals surface area contributed by atoms with E-state index in [1.807, 2.05) is 47.0 Å². The van der Waals surface area contributed by atoms with E-state index in [1.165, 1.54) is 0 Å². The zero-order valence-corrected chi connectivity index (χ0v) is 13.4. The number of carbonyl (C=O) groups excluding carboxylic acids is 1. The van der Waals surface area contributed by atoms with E-state index in [0.29, 0.717) is 24.6 Å². The number of hydrogen-bond acceptors (Lipinski definition) is 4. The predicted molar refractivity (Wildman–Crippen MR) is 93.0 cm³/mol. The van der Waals surface area contributed by atoms with Gasteiger partial charge in [0.15, 0.2) is 5.76 Å². The van der Waals surface area contributed by atoms with Crippen LogP contribution >= 0.6 is 0 Å². The number of nitrogens with zero attached hydrogens (tertiary/aromatic N) is 3. The zero-order chi connectivity index (χ0) is 17.1. The minimum absolute atomic E-state index is 0.237. The number of benzene rings is 1. The first-order valence-electron chi connectivity index (χ1n) is 7.95. The van der Waals surface area contributed by atoms with Crippen molar-refractivity contribution in [1.82, 2.24) is 19.9 Å². The van der Waals surface area contributed by atoms with E-state index in [1.54, 1.807) is 24.8 Å². The van der Waals surface area contributed by atoms with Gasteiger partial charge < -0.3 is 14.3 Å². The Balaban J connectivity index is 1.44. The number of nitrogens with one attached hydrogen (secondary N) is 1. The van der Waals surface area contributed by atoms with Gasteiger partial charge in [-0.15, -0.1) is 0 Å². The summed E-state index contributed by atoms with van der Waals surface area (Å²) in [5.74, 6) is 0.768. The Morgan fingerprint density at radius 2 is 1.92 bits per heavy atom. The molecule has 1 aromatic carbocycles. The Kier molecular flexibility index (Phi) is 4.00. The highest BCUT2D eigenvalue weighted by Crippen LogP contribution is 2.16. The monoisotopic (exact) mass is 332 g/mol. The van der Waals surface area contributed by atoms with Crippen molar-refractivity contribution in [3.63, 3.8) is 0 Å². The maximum Gasteiger partial charge on any atom is 0.287 e. The molecule has 0 saturated heterocycles. The molecule has 0 fully saturated rings. The Labute approximate surface area is 144 Å². The number of rotatable bonds is 5. The molecule has 4 aromatic rings. The van der Waals surface area contributed by atoms with Gasteiger partial charge in [-0.2, -0.15) is 0 Å². The summed E-state index contributed by atoms with van der Waals surface area (Å²) in [4.78, 5) is 20.5. The average molecular weight is 332 g/mol. The van der Waals surface area contributed by atoms with Gasteiger partial charge in [-0.3, -0.25) is 9.78 Å². The number of amides is 1. The number of fused-ring (bicyclic) bond motifs is 1. The van der Waals surface area contributed by atoms with Crippen molar-refractivity contribution >= 4 is 16.9 Å². The number of furan rings is 1. The van der Waals surface area contributed by atoms with Crippen LogP contribution in [0.1, 0.15) is 21.9 Å². The van der Waals surface area contributed by atoms with E-state index in [-0.39, 0.29) is 5.91 Å². The van der Waals surface area contributed by atoms with E-state index < -0.39 is 0 Å². The van der Waals surface area contributed by atoms with Gasteiger partial charge in [0, 0.05) is 18.9 Å². The Bertz CT molecular complexity index is 1000. The molecule has 0 unspecified atom stereocenters. The average Bonchev–Trinajstić information content (AvgIpc) is 3.29. The summed E-state index contributed by atoms with van der Waals surface area (Å²) < 4.78 is 7.68. The third kappa shape index (κ3) is 3.28. The second kappa shape index (κ2) is 6.60. The second-order valence-electron chi connectivity index (χ2n) is 5.67. The van der Waals surface area contributed by atoms with E-state index in [9.17, 15) is 4.79 Å². The molecule has 3 aromatic heterocycles. The summed E-state index contributed by atoms with van der Waals surface area (Å²) in [5, 5.41) is 2.84. The number of imidazole rings is 1. The van der Waals surface area contributed by atoms with Crippen LogP contribution in [0.3, 0.4) is 0 Å². The lowest BCUT2D eigenvalue weighted by Gasteiger charge is -2.03. The first kappa shape index (κ1) is 15.1. The topological polar surface area (TPSA) is 73.0 Å². The molecule has 6 nitrogen and oxygen atoms in total. The zero-order valence-electron chi connectivity index (χ0n) is 13.4.